The summed E-state index contributed by atoms with van der Waals surface area (Å²) in [4.78, 5) is 11.1. The summed E-state index contributed by atoms with van der Waals surface area (Å²) >= 11 is 0. The maximum absolute atomic E-state index is 11.1. The summed E-state index contributed by atoms with van der Waals surface area (Å²) in [6, 6.07) is 0. The number of carbonyl (C=O) groups excluding carboxylic acids is 1. The van der Waals surface area contributed by atoms with Gasteiger partial charge < -0.3 is 14.9 Å². The minimum Gasteiger partial charge on any atom is -0.468 e. The van der Waals surface area contributed by atoms with E-state index in [1.165, 1.54) is 13.2 Å². The van der Waals surface area contributed by atoms with Gasteiger partial charge in [0.2, 0.25) is 0 Å². The fraction of sp³-hybridized carbons (Fsp3) is 0.667. The van der Waals surface area contributed by atoms with Gasteiger partial charge in [-0.2, -0.15) is 0 Å². The number of hydrogen-bond acceptors (Lipinski definition) is 4. The van der Waals surface area contributed by atoms with Crippen LogP contribution in [0.15, 0.2) is 12.7 Å². The molecule has 76 valence electrons. The van der Waals surface area contributed by atoms with Crippen molar-refractivity contribution in [1.29, 1.82) is 0 Å². The highest BCUT2D eigenvalue weighted by molar-refractivity contribution is 5.74. The molecule has 0 aliphatic carbocycles. The molecule has 0 spiro atoms. The number of rotatable bonds is 5. The molecule has 0 aliphatic heterocycles. The van der Waals surface area contributed by atoms with Gasteiger partial charge in [0.15, 0.2) is 0 Å². The first-order valence-electron chi connectivity index (χ1n) is 4.07. The highest BCUT2D eigenvalue weighted by Gasteiger charge is 2.28. The predicted molar refractivity (Wildman–Crippen MR) is 48.0 cm³/mol. The maximum atomic E-state index is 11.1. The molecular formula is C9H16O4. The smallest absolute Gasteiger partial charge is 0.315 e. The van der Waals surface area contributed by atoms with Crippen LogP contribution in [0.1, 0.15) is 6.92 Å². The van der Waals surface area contributed by atoms with Gasteiger partial charge >= 0.3 is 5.97 Å². The molecule has 13 heavy (non-hydrogen) atoms. The van der Waals surface area contributed by atoms with Gasteiger partial charge in [0, 0.05) is 12.5 Å². The van der Waals surface area contributed by atoms with E-state index in [2.05, 4.69) is 11.3 Å². The minimum atomic E-state index is -0.949. The Morgan fingerprint density at radius 3 is 2.54 bits per heavy atom. The summed E-state index contributed by atoms with van der Waals surface area (Å²) in [5, 5.41) is 18.3. The first-order chi connectivity index (χ1) is 6.08. The van der Waals surface area contributed by atoms with Gasteiger partial charge in [0.25, 0.3) is 0 Å². The summed E-state index contributed by atoms with van der Waals surface area (Å²) in [7, 11) is 1.25. The molecule has 3 atom stereocenters. The molecule has 4 heteroatoms. The summed E-state index contributed by atoms with van der Waals surface area (Å²) < 4.78 is 4.47. The van der Waals surface area contributed by atoms with Crippen LogP contribution < -0.4 is 0 Å². The molecule has 0 fully saturated rings. The average Bonchev–Trinajstić information content (AvgIpc) is 2.17. The number of aliphatic hydroxyl groups excluding tert-OH is 2. The van der Waals surface area contributed by atoms with Crippen molar-refractivity contribution in [2.75, 3.05) is 13.7 Å². The van der Waals surface area contributed by atoms with E-state index in [-0.39, 0.29) is 12.5 Å². The third kappa shape index (κ3) is 3.16. The first kappa shape index (κ1) is 12.1. The second-order valence-electron chi connectivity index (χ2n) is 2.94. The number of carbonyl (C=O) groups is 1. The van der Waals surface area contributed by atoms with Gasteiger partial charge in [-0.15, -0.1) is 6.58 Å². The lowest BCUT2D eigenvalue weighted by atomic mass is 9.93. The number of hydrogen-bond donors (Lipinski definition) is 2. The van der Waals surface area contributed by atoms with E-state index in [1.807, 2.05) is 0 Å². The summed E-state index contributed by atoms with van der Waals surface area (Å²) in [6.07, 6.45) is 0.373. The highest BCUT2D eigenvalue weighted by atomic mass is 16.5. The lowest BCUT2D eigenvalue weighted by Gasteiger charge is -2.21. The van der Waals surface area contributed by atoms with Crippen LogP contribution >= 0.6 is 0 Å². The molecule has 0 radical (unpaired) electrons. The fourth-order valence-corrected chi connectivity index (χ4v) is 0.973. The van der Waals surface area contributed by atoms with E-state index in [0.717, 1.165) is 0 Å². The van der Waals surface area contributed by atoms with Crippen LogP contribution in [0.5, 0.6) is 0 Å². The van der Waals surface area contributed by atoms with Crippen molar-refractivity contribution in [2.24, 2.45) is 11.8 Å². The molecule has 0 heterocycles. The Morgan fingerprint density at radius 1 is 1.69 bits per heavy atom. The van der Waals surface area contributed by atoms with E-state index in [1.54, 1.807) is 6.92 Å². The molecule has 0 saturated heterocycles. The maximum Gasteiger partial charge on any atom is 0.315 e. The first-order valence-corrected chi connectivity index (χ1v) is 4.07. The Bertz CT molecular complexity index is 178. The second-order valence-corrected chi connectivity index (χ2v) is 2.94. The van der Waals surface area contributed by atoms with Gasteiger partial charge in [-0.1, -0.05) is 13.0 Å². The van der Waals surface area contributed by atoms with E-state index >= 15 is 0 Å². The monoisotopic (exact) mass is 188 g/mol. The van der Waals surface area contributed by atoms with Crippen LogP contribution in [0.4, 0.5) is 0 Å². The molecule has 4 nitrogen and oxygen atoms in total. The standard InChI is InChI=1S/C9H16O4/c1-4-7(9(12)13-3)8(11)6(2)5-10/h4,6-8,10-11H,1,5H2,2-3H3/t6-,7-,8+/m0/s1. The van der Waals surface area contributed by atoms with E-state index < -0.39 is 18.0 Å². The zero-order valence-corrected chi connectivity index (χ0v) is 7.93. The van der Waals surface area contributed by atoms with Gasteiger partial charge in [0.1, 0.15) is 5.92 Å². The Balaban J connectivity index is 4.39. The Morgan fingerprint density at radius 2 is 2.23 bits per heavy atom. The van der Waals surface area contributed by atoms with E-state index in [0.29, 0.717) is 0 Å². The molecule has 0 aromatic heterocycles. The zero-order valence-electron chi connectivity index (χ0n) is 7.93. The van der Waals surface area contributed by atoms with Gasteiger partial charge in [-0.05, 0) is 0 Å². The molecule has 0 unspecified atom stereocenters. The van der Waals surface area contributed by atoms with Gasteiger partial charge in [0.05, 0.1) is 13.2 Å². The normalized spacial score (nSPS) is 17.2. The summed E-state index contributed by atoms with van der Waals surface area (Å²) in [6.45, 7) is 4.89. The van der Waals surface area contributed by atoms with Crippen LogP contribution in [-0.4, -0.2) is 36.0 Å². The van der Waals surface area contributed by atoms with Crippen LogP contribution in [-0.2, 0) is 9.53 Å². The van der Waals surface area contributed by atoms with E-state index in [4.69, 9.17) is 5.11 Å². The number of aliphatic hydroxyl groups is 2. The lowest BCUT2D eigenvalue weighted by Crippen LogP contribution is -2.34. The topological polar surface area (TPSA) is 66.8 Å². The number of esters is 1. The molecule has 0 rings (SSSR count). The largest absolute Gasteiger partial charge is 0.468 e. The van der Waals surface area contributed by atoms with Crippen LogP contribution in [0.3, 0.4) is 0 Å². The van der Waals surface area contributed by atoms with Gasteiger partial charge in [-0.25, -0.2) is 0 Å². The van der Waals surface area contributed by atoms with Crippen molar-refractivity contribution in [1.82, 2.24) is 0 Å². The SMILES string of the molecule is C=C[C@H](C(=O)OC)[C@H](O)[C@@H](C)CO. The Hall–Kier alpha value is -0.870. The summed E-state index contributed by atoms with van der Waals surface area (Å²) in [5.41, 5.74) is 0. The Labute approximate surface area is 77.8 Å². The molecule has 0 saturated carbocycles. The average molecular weight is 188 g/mol. The lowest BCUT2D eigenvalue weighted by molar-refractivity contribution is -0.148. The van der Waals surface area contributed by atoms with Crippen molar-refractivity contribution in [2.45, 2.75) is 13.0 Å². The molecule has 0 bridgehead atoms. The van der Waals surface area contributed by atoms with Crippen molar-refractivity contribution in [3.63, 3.8) is 0 Å². The van der Waals surface area contributed by atoms with E-state index in [9.17, 15) is 9.90 Å². The minimum absolute atomic E-state index is 0.178. The molecule has 0 amide bonds. The quantitative estimate of drug-likeness (QED) is 0.469. The van der Waals surface area contributed by atoms with Crippen LogP contribution in [0, 0.1) is 11.8 Å². The third-order valence-electron chi connectivity index (χ3n) is 1.97. The predicted octanol–water partition coefficient (Wildman–Crippen LogP) is -0.0491. The number of methoxy groups -OCH3 is 1. The second kappa shape index (κ2) is 5.72. The Kier molecular flexibility index (Phi) is 5.34. The zero-order chi connectivity index (χ0) is 10.4. The van der Waals surface area contributed by atoms with Crippen molar-refractivity contribution < 1.29 is 19.7 Å². The molecule has 0 aromatic carbocycles. The summed E-state index contributed by atoms with van der Waals surface area (Å²) in [5.74, 6) is -1.68. The van der Waals surface area contributed by atoms with Crippen molar-refractivity contribution in [3.05, 3.63) is 12.7 Å². The van der Waals surface area contributed by atoms with Gasteiger partial charge in [-0.3, -0.25) is 4.79 Å². The fourth-order valence-electron chi connectivity index (χ4n) is 0.973. The van der Waals surface area contributed by atoms with Crippen LogP contribution in [0.2, 0.25) is 0 Å². The van der Waals surface area contributed by atoms with Crippen molar-refractivity contribution in [3.8, 4) is 0 Å². The number of ether oxygens (including phenoxy) is 1. The van der Waals surface area contributed by atoms with Crippen LogP contribution in [0.25, 0.3) is 0 Å². The molecular weight excluding hydrogens is 172 g/mol. The molecule has 0 aliphatic rings. The highest BCUT2D eigenvalue weighted by Crippen LogP contribution is 2.15. The van der Waals surface area contributed by atoms with Crippen molar-refractivity contribution >= 4 is 5.97 Å². The molecule has 2 N–H and O–H groups in total. The molecule has 0 aromatic rings. The third-order valence-corrected chi connectivity index (χ3v) is 1.97.